The maximum atomic E-state index is 12.0. The van der Waals surface area contributed by atoms with E-state index in [1.54, 1.807) is 0 Å². The number of phosphoric acid groups is 3. The molecule has 0 aromatic carbocycles. The zero-order valence-corrected chi connectivity index (χ0v) is 20.4. The number of nitrogens with two attached hydrogens (primary N) is 1. The lowest BCUT2D eigenvalue weighted by Crippen LogP contribution is -2.43. The summed E-state index contributed by atoms with van der Waals surface area (Å²) >= 11 is 7.40. The molecule has 18 nitrogen and oxygen atoms in total. The molecule has 1 fully saturated rings. The first kappa shape index (κ1) is 27.4. The van der Waals surface area contributed by atoms with Gasteiger partial charge in [0.2, 0.25) is 0 Å². The number of halogens is 1. The van der Waals surface area contributed by atoms with E-state index in [0.717, 1.165) is 11.3 Å². The van der Waals surface area contributed by atoms with Gasteiger partial charge >= 0.3 is 23.5 Å². The molecule has 1 aliphatic rings. The molecule has 1 saturated heterocycles. The summed E-state index contributed by atoms with van der Waals surface area (Å²) in [5, 5.41) is 14.1. The first-order chi connectivity index (χ1) is 15.6. The van der Waals surface area contributed by atoms with Crippen molar-refractivity contribution in [3.8, 4) is 0 Å². The van der Waals surface area contributed by atoms with E-state index in [-0.39, 0.29) is 5.82 Å². The van der Waals surface area contributed by atoms with Crippen LogP contribution in [0.15, 0.2) is 16.8 Å². The van der Waals surface area contributed by atoms with E-state index in [1.165, 1.54) is 11.7 Å². The number of nitrogen functional groups attached to an aromatic ring is 1. The van der Waals surface area contributed by atoms with Crippen LogP contribution in [0.25, 0.3) is 20.7 Å². The van der Waals surface area contributed by atoms with Gasteiger partial charge in [0.05, 0.1) is 22.2 Å². The van der Waals surface area contributed by atoms with E-state index in [1.807, 2.05) is 0 Å². The number of fused-ring (bicyclic) bond motifs is 1. The second kappa shape index (κ2) is 9.67. The molecule has 0 aliphatic carbocycles. The van der Waals surface area contributed by atoms with Gasteiger partial charge in [-0.2, -0.15) is 8.62 Å². The molecule has 3 heterocycles. The summed E-state index contributed by atoms with van der Waals surface area (Å²) in [5.41, 5.74) is 12.9. The van der Waals surface area contributed by atoms with Gasteiger partial charge in [-0.3, -0.25) is 4.52 Å². The van der Waals surface area contributed by atoms with Crippen molar-refractivity contribution in [2.75, 3.05) is 12.3 Å². The van der Waals surface area contributed by atoms with Crippen LogP contribution in [0.5, 0.6) is 0 Å². The Morgan fingerprint density at radius 2 is 1.94 bits per heavy atom. The molecule has 0 bridgehead atoms. The molecule has 2 aromatic rings. The van der Waals surface area contributed by atoms with Crippen molar-refractivity contribution in [3.05, 3.63) is 27.7 Å². The second-order valence-electron chi connectivity index (χ2n) is 6.45. The third-order valence-corrected chi connectivity index (χ3v) is 9.42. The highest BCUT2D eigenvalue weighted by Crippen LogP contribution is 2.66. The molecule has 1 aliphatic heterocycles. The summed E-state index contributed by atoms with van der Waals surface area (Å²) in [5.74, 6) is 0.153. The van der Waals surface area contributed by atoms with Crippen molar-refractivity contribution in [1.82, 2.24) is 9.97 Å². The Kier molecular flexibility index (Phi) is 7.78. The number of ether oxygens (including phenoxy) is 1. The molecule has 0 radical (unpaired) electrons. The van der Waals surface area contributed by atoms with Gasteiger partial charge in [0.15, 0.2) is 5.72 Å². The third-order valence-electron chi connectivity index (χ3n) is 4.16. The number of aliphatic hydroxyl groups is 1. The highest BCUT2D eigenvalue weighted by molar-refractivity contribution is 7.66. The van der Waals surface area contributed by atoms with Gasteiger partial charge in [0, 0.05) is 10.5 Å². The number of azide groups is 1. The van der Waals surface area contributed by atoms with Gasteiger partial charge < -0.3 is 35.2 Å². The highest BCUT2D eigenvalue weighted by atomic mass is 35.5. The highest BCUT2D eigenvalue weighted by Gasteiger charge is 2.56. The average molecular weight is 583 g/mol. The van der Waals surface area contributed by atoms with Crippen LogP contribution in [-0.4, -0.2) is 58.5 Å². The molecule has 188 valence electrons. The maximum absolute atomic E-state index is 12.0. The van der Waals surface area contributed by atoms with Crippen molar-refractivity contribution in [1.29, 1.82) is 0 Å². The lowest BCUT2D eigenvalue weighted by molar-refractivity contribution is -0.105. The number of anilines is 1. The number of alkyl halides is 1. The van der Waals surface area contributed by atoms with Gasteiger partial charge in [-0.05, 0) is 10.9 Å². The largest absolute Gasteiger partial charge is 0.490 e. The Bertz CT molecular complexity index is 1290. The molecule has 34 heavy (non-hydrogen) atoms. The molecule has 6 atom stereocenters. The van der Waals surface area contributed by atoms with E-state index < -0.39 is 53.4 Å². The van der Waals surface area contributed by atoms with Gasteiger partial charge in [-0.25, -0.2) is 23.7 Å². The molecule has 3 rings (SSSR count). The predicted octanol–water partition coefficient (Wildman–Crippen LogP) is 1.66. The predicted molar refractivity (Wildman–Crippen MR) is 113 cm³/mol. The minimum atomic E-state index is -5.80. The first-order valence-corrected chi connectivity index (χ1v) is 14.3. The van der Waals surface area contributed by atoms with Crippen molar-refractivity contribution >= 4 is 62.4 Å². The van der Waals surface area contributed by atoms with Crippen LogP contribution in [0.1, 0.15) is 11.7 Å². The zero-order chi connectivity index (χ0) is 25.5. The number of thiophene rings is 1. The summed E-state index contributed by atoms with van der Waals surface area (Å²) in [6.07, 6.45) is -1.91. The normalized spacial score (nSPS) is 28.8. The summed E-state index contributed by atoms with van der Waals surface area (Å²) in [6.45, 7) is -1.26. The fourth-order valence-corrected chi connectivity index (χ4v) is 7.25. The molecule has 7 N–H and O–H groups in total. The van der Waals surface area contributed by atoms with Crippen molar-refractivity contribution < 1.29 is 56.3 Å². The van der Waals surface area contributed by atoms with Crippen molar-refractivity contribution in [3.63, 3.8) is 0 Å². The van der Waals surface area contributed by atoms with Crippen LogP contribution >= 0.6 is 46.4 Å². The van der Waals surface area contributed by atoms with Crippen LogP contribution in [0.3, 0.4) is 0 Å². The molecule has 2 aromatic heterocycles. The molecule has 2 unspecified atom stereocenters. The van der Waals surface area contributed by atoms with E-state index in [9.17, 15) is 28.6 Å². The van der Waals surface area contributed by atoms with Crippen LogP contribution in [0, 0.1) is 0 Å². The Morgan fingerprint density at radius 3 is 2.56 bits per heavy atom. The number of aliphatic hydroxyl groups excluding tert-OH is 1. The second-order valence-corrected chi connectivity index (χ2v) is 12.3. The van der Waals surface area contributed by atoms with Crippen LogP contribution in [0.2, 0.25) is 0 Å². The third kappa shape index (κ3) is 5.94. The Labute approximate surface area is 197 Å². The maximum Gasteiger partial charge on any atom is 0.490 e. The standard InChI is InChI=1S/C11H14ClN6O12P3S/c12-5-7(4-1-34-8-6(4)15-3-16-10(8)13)28-11(9(5)19,17-18-14)2-27-32(23,24)30-33(25,26)29-31(20,21)22/h1,3,5,7,9,19H,2H2,(H,23,24)(H,25,26)(H2,13,15,16)(H2,20,21,22)/t5-,7-,9-,11+/m0/s1. The summed E-state index contributed by atoms with van der Waals surface area (Å²) in [7, 11) is -17.0. The van der Waals surface area contributed by atoms with E-state index >= 15 is 0 Å². The summed E-state index contributed by atoms with van der Waals surface area (Å²) < 4.78 is 52.0. The molecule has 0 amide bonds. The van der Waals surface area contributed by atoms with Crippen molar-refractivity contribution in [2.24, 2.45) is 5.11 Å². The summed E-state index contributed by atoms with van der Waals surface area (Å²) in [4.78, 5) is 46.5. The van der Waals surface area contributed by atoms with Crippen LogP contribution in [0.4, 0.5) is 5.82 Å². The Hall–Kier alpha value is -1.23. The quantitative estimate of drug-likeness (QED) is 0.0805. The van der Waals surface area contributed by atoms with E-state index in [4.69, 9.17) is 37.4 Å². The van der Waals surface area contributed by atoms with Gasteiger partial charge in [-0.1, -0.05) is 5.11 Å². The number of nitrogens with zero attached hydrogens (tertiary/aromatic N) is 5. The van der Waals surface area contributed by atoms with E-state index in [0.29, 0.717) is 15.8 Å². The number of hydrogen-bond donors (Lipinski definition) is 6. The van der Waals surface area contributed by atoms with Crippen molar-refractivity contribution in [2.45, 2.75) is 23.3 Å². The number of phosphoric ester groups is 1. The molecular weight excluding hydrogens is 569 g/mol. The lowest BCUT2D eigenvalue weighted by atomic mass is 10.0. The average Bonchev–Trinajstić information content (AvgIpc) is 3.20. The van der Waals surface area contributed by atoms with Gasteiger partial charge in [0.1, 0.15) is 24.4 Å². The number of rotatable bonds is 9. The smallest absolute Gasteiger partial charge is 0.388 e. The molecule has 23 heteroatoms. The number of hydrogen-bond acceptors (Lipinski definition) is 13. The molecular formula is C11H14ClN6O12P3S. The fraction of sp³-hybridized carbons (Fsp3) is 0.455. The van der Waals surface area contributed by atoms with Gasteiger partial charge in [-0.15, -0.1) is 22.9 Å². The first-order valence-electron chi connectivity index (χ1n) is 8.42. The Balaban J connectivity index is 1.86. The minimum Gasteiger partial charge on any atom is -0.388 e. The minimum absolute atomic E-state index is 0.153. The fourth-order valence-electron chi connectivity index (χ4n) is 2.88. The van der Waals surface area contributed by atoms with Crippen LogP contribution < -0.4 is 5.73 Å². The number of aromatic nitrogens is 2. The lowest BCUT2D eigenvalue weighted by Gasteiger charge is -2.27. The summed E-state index contributed by atoms with van der Waals surface area (Å²) in [6, 6.07) is 0. The molecule has 0 spiro atoms. The van der Waals surface area contributed by atoms with E-state index in [2.05, 4.69) is 33.1 Å². The SMILES string of the molecule is [N-]=[N+]=N[C@]1(COP(=O)(O)OP(=O)(O)OP(=O)(O)O)O[C@@H](c2csc3c(N)ncnc23)[C@H](Cl)[C@@H]1O. The van der Waals surface area contributed by atoms with Gasteiger partial charge in [0.25, 0.3) is 0 Å². The molecule has 0 saturated carbocycles. The van der Waals surface area contributed by atoms with Crippen LogP contribution in [-0.2, 0) is 31.6 Å². The monoisotopic (exact) mass is 582 g/mol. The topological polar surface area (TPSA) is 290 Å². The Morgan fingerprint density at radius 1 is 1.26 bits per heavy atom. The zero-order valence-electron chi connectivity index (χ0n) is 16.1.